The van der Waals surface area contributed by atoms with Gasteiger partial charge in [0.2, 0.25) is 0 Å². The van der Waals surface area contributed by atoms with Crippen LogP contribution in [-0.4, -0.2) is 72.8 Å². The van der Waals surface area contributed by atoms with Gasteiger partial charge in [-0.1, -0.05) is 5.16 Å². The summed E-state index contributed by atoms with van der Waals surface area (Å²) in [5.41, 5.74) is 4.69. The van der Waals surface area contributed by atoms with E-state index in [4.69, 9.17) is 20.1 Å². The highest BCUT2D eigenvalue weighted by atomic mass is 16.5. The zero-order valence-corrected chi connectivity index (χ0v) is 19.4. The molecule has 0 bridgehead atoms. The molecule has 37 heavy (non-hydrogen) atoms. The average molecular weight is 507 g/mol. The average Bonchev–Trinajstić information content (AvgIpc) is 3.52. The Kier molecular flexibility index (Phi) is 5.81. The van der Waals surface area contributed by atoms with Crippen molar-refractivity contribution in [2.24, 2.45) is 0 Å². The van der Waals surface area contributed by atoms with E-state index in [0.717, 1.165) is 0 Å². The number of nitrogens with one attached hydrogen (secondary N) is 1. The first-order valence-corrected chi connectivity index (χ1v) is 11.0. The second-order valence-electron chi connectivity index (χ2n) is 8.41. The number of morpholine rings is 1. The number of carbonyl (C=O) groups excluding carboxylic acids is 2. The zero-order chi connectivity index (χ0) is 26.3. The van der Waals surface area contributed by atoms with Crippen molar-refractivity contribution in [3.8, 4) is 5.69 Å². The molecule has 5 N–H and O–H groups in total. The van der Waals surface area contributed by atoms with E-state index >= 15 is 0 Å². The van der Waals surface area contributed by atoms with Gasteiger partial charge in [0.1, 0.15) is 5.69 Å². The lowest BCUT2D eigenvalue weighted by molar-refractivity contribution is -0.170. The molecule has 1 aliphatic rings. The molecule has 1 fully saturated rings. The molecule has 4 heterocycles. The molecule has 190 valence electrons. The van der Waals surface area contributed by atoms with E-state index in [1.807, 2.05) is 0 Å². The smallest absolute Gasteiger partial charge is 0.354 e. The Morgan fingerprint density at radius 2 is 2.05 bits per heavy atom. The van der Waals surface area contributed by atoms with Gasteiger partial charge in [0.05, 0.1) is 24.2 Å². The van der Waals surface area contributed by atoms with Gasteiger partial charge in [0.15, 0.2) is 28.9 Å². The Balaban J connectivity index is 1.34. The second kappa shape index (κ2) is 9.00. The summed E-state index contributed by atoms with van der Waals surface area (Å²) in [6.07, 6.45) is 1.02. The third-order valence-electron chi connectivity index (χ3n) is 6.00. The predicted octanol–water partition coefficient (Wildman–Crippen LogP) is 0.810. The summed E-state index contributed by atoms with van der Waals surface area (Å²) in [6, 6.07) is 9.10. The van der Waals surface area contributed by atoms with E-state index in [1.54, 1.807) is 30.5 Å². The number of ether oxygens (including phenoxy) is 1. The summed E-state index contributed by atoms with van der Waals surface area (Å²) < 4.78 is 12.1. The standard InChI is InChI=1S/C23H21N7O7/c1-23(18(31)20(32)26-12-2-3-14-16(10-12)37-28-19(14)24)22(35)29(8-9-36-23)17-5-7-30(27-17)13-4-6-25-15(11-13)21(33)34/h2-7,10-11,18,31H,8-9H2,1H3,(H2,24,28)(H,26,32)(H,33,34)/t18-,23+/m0/s1. The van der Waals surface area contributed by atoms with Gasteiger partial charge >= 0.3 is 5.97 Å². The number of nitrogen functional groups attached to an aromatic ring is 1. The number of nitrogens with zero attached hydrogens (tertiary/aromatic N) is 5. The number of rotatable bonds is 6. The highest BCUT2D eigenvalue weighted by Crippen LogP contribution is 2.29. The van der Waals surface area contributed by atoms with Gasteiger partial charge in [0, 0.05) is 30.2 Å². The molecule has 1 aromatic carbocycles. The van der Waals surface area contributed by atoms with Gasteiger partial charge in [-0.05, 0) is 31.2 Å². The van der Waals surface area contributed by atoms with Crippen molar-refractivity contribution in [3.63, 3.8) is 0 Å². The number of benzene rings is 1. The Labute approximate surface area is 208 Å². The highest BCUT2D eigenvalue weighted by molar-refractivity contribution is 6.06. The Hall–Kier alpha value is -4.82. The third-order valence-corrected chi connectivity index (χ3v) is 6.00. The fraction of sp³-hybridized carbons (Fsp3) is 0.217. The van der Waals surface area contributed by atoms with Crippen molar-refractivity contribution in [2.75, 3.05) is 29.1 Å². The lowest BCUT2D eigenvalue weighted by Gasteiger charge is -2.40. The number of nitrogens with two attached hydrogens (primary N) is 1. The molecule has 4 aromatic rings. The molecule has 0 saturated carbocycles. The molecule has 1 saturated heterocycles. The number of aliphatic hydroxyl groups excluding tert-OH is 1. The largest absolute Gasteiger partial charge is 0.477 e. The van der Waals surface area contributed by atoms with E-state index in [-0.39, 0.29) is 30.5 Å². The van der Waals surface area contributed by atoms with Gasteiger partial charge in [0.25, 0.3) is 11.8 Å². The maximum Gasteiger partial charge on any atom is 0.354 e. The molecule has 2 amide bonds. The number of anilines is 3. The van der Waals surface area contributed by atoms with Gasteiger partial charge in [-0.25, -0.2) is 14.5 Å². The molecule has 0 unspecified atom stereocenters. The summed E-state index contributed by atoms with van der Waals surface area (Å²) in [6.45, 7) is 1.48. The molecule has 5 rings (SSSR count). The quantitative estimate of drug-likeness (QED) is 0.288. The minimum absolute atomic E-state index is 0.0289. The van der Waals surface area contributed by atoms with Crippen molar-refractivity contribution in [1.29, 1.82) is 0 Å². The Bertz CT molecular complexity index is 1530. The molecule has 1 aliphatic heterocycles. The number of fused-ring (bicyclic) bond motifs is 1. The normalized spacial score (nSPS) is 18.6. The molecule has 0 spiro atoms. The van der Waals surface area contributed by atoms with Gasteiger partial charge in [-0.3, -0.25) is 14.5 Å². The van der Waals surface area contributed by atoms with Crippen LogP contribution in [0.25, 0.3) is 16.7 Å². The first kappa shape index (κ1) is 23.9. The predicted molar refractivity (Wildman–Crippen MR) is 128 cm³/mol. The van der Waals surface area contributed by atoms with Crippen LogP contribution in [0.3, 0.4) is 0 Å². The van der Waals surface area contributed by atoms with Crippen molar-refractivity contribution in [2.45, 2.75) is 18.6 Å². The van der Waals surface area contributed by atoms with Crippen LogP contribution < -0.4 is 16.0 Å². The lowest BCUT2D eigenvalue weighted by Crippen LogP contribution is -2.63. The summed E-state index contributed by atoms with van der Waals surface area (Å²) in [7, 11) is 0. The van der Waals surface area contributed by atoms with Crippen LogP contribution in [0.2, 0.25) is 0 Å². The van der Waals surface area contributed by atoms with Crippen molar-refractivity contribution in [3.05, 3.63) is 54.5 Å². The second-order valence-corrected chi connectivity index (χ2v) is 8.41. The van der Waals surface area contributed by atoms with E-state index in [9.17, 15) is 19.5 Å². The highest BCUT2D eigenvalue weighted by Gasteiger charge is 2.51. The fourth-order valence-corrected chi connectivity index (χ4v) is 3.97. The zero-order valence-electron chi connectivity index (χ0n) is 19.4. The number of pyridine rings is 1. The number of carboxylic acid groups (broad SMARTS) is 1. The molecule has 0 aliphatic carbocycles. The molecule has 3 aromatic heterocycles. The summed E-state index contributed by atoms with van der Waals surface area (Å²) in [4.78, 5) is 42.5. The van der Waals surface area contributed by atoms with Crippen LogP contribution in [0.15, 0.2) is 53.3 Å². The van der Waals surface area contributed by atoms with Crippen molar-refractivity contribution >= 4 is 46.1 Å². The van der Waals surface area contributed by atoms with Gasteiger partial charge in [-0.2, -0.15) is 0 Å². The Morgan fingerprint density at radius 1 is 1.24 bits per heavy atom. The first-order valence-electron chi connectivity index (χ1n) is 11.0. The minimum atomic E-state index is -1.90. The van der Waals surface area contributed by atoms with Crippen LogP contribution in [0.1, 0.15) is 17.4 Å². The SMILES string of the molecule is C[C@]1([C@@H](O)C(=O)Nc2ccc3c(N)noc3c2)OCCN(c2ccn(-c3ccnc(C(=O)O)c3)n2)C1=O. The number of aliphatic hydroxyl groups is 1. The molecular formula is C23H21N7O7. The monoisotopic (exact) mass is 507 g/mol. The fourth-order valence-electron chi connectivity index (χ4n) is 3.97. The molecule has 14 nitrogen and oxygen atoms in total. The number of carboxylic acids is 1. The van der Waals surface area contributed by atoms with E-state index < -0.39 is 29.5 Å². The van der Waals surface area contributed by atoms with Gasteiger partial charge in [-0.15, -0.1) is 5.10 Å². The molecule has 2 atom stereocenters. The van der Waals surface area contributed by atoms with Crippen LogP contribution in [0.5, 0.6) is 0 Å². The van der Waals surface area contributed by atoms with Crippen LogP contribution in [0, 0.1) is 0 Å². The number of aromatic nitrogens is 4. The maximum absolute atomic E-state index is 13.4. The number of carbonyl (C=O) groups is 3. The van der Waals surface area contributed by atoms with E-state index in [1.165, 1.54) is 34.8 Å². The number of hydrogen-bond acceptors (Lipinski definition) is 10. The lowest BCUT2D eigenvalue weighted by atomic mass is 9.94. The molecule has 14 heteroatoms. The van der Waals surface area contributed by atoms with Crippen LogP contribution >= 0.6 is 0 Å². The topological polar surface area (TPSA) is 199 Å². The van der Waals surface area contributed by atoms with Gasteiger partial charge < -0.3 is 30.5 Å². The van der Waals surface area contributed by atoms with E-state index in [0.29, 0.717) is 22.3 Å². The maximum atomic E-state index is 13.4. The number of amides is 2. The summed E-state index contributed by atoms with van der Waals surface area (Å²) in [5.74, 6) is -2.30. The minimum Gasteiger partial charge on any atom is -0.477 e. The number of hydrogen-bond donors (Lipinski definition) is 4. The van der Waals surface area contributed by atoms with Crippen molar-refractivity contribution in [1.82, 2.24) is 19.9 Å². The first-order chi connectivity index (χ1) is 17.7. The van der Waals surface area contributed by atoms with E-state index in [2.05, 4.69) is 20.6 Å². The number of aromatic carboxylic acids is 1. The third kappa shape index (κ3) is 4.23. The van der Waals surface area contributed by atoms with Crippen LogP contribution in [-0.2, 0) is 14.3 Å². The van der Waals surface area contributed by atoms with Crippen molar-refractivity contribution < 1.29 is 33.9 Å². The van der Waals surface area contributed by atoms with Crippen LogP contribution in [0.4, 0.5) is 17.3 Å². The summed E-state index contributed by atoms with van der Waals surface area (Å²) in [5, 5.41) is 31.1. The molecular weight excluding hydrogens is 486 g/mol. The molecule has 0 radical (unpaired) electrons. The summed E-state index contributed by atoms with van der Waals surface area (Å²) >= 11 is 0. The Morgan fingerprint density at radius 3 is 2.84 bits per heavy atom.